The molecule has 1 aliphatic rings. The predicted molar refractivity (Wildman–Crippen MR) is 84.3 cm³/mol. The highest BCUT2D eigenvalue weighted by molar-refractivity contribution is 14.1. The van der Waals surface area contributed by atoms with Crippen LogP contribution in [0.15, 0.2) is 12.4 Å². The van der Waals surface area contributed by atoms with Crippen LogP contribution in [0.5, 0.6) is 0 Å². The third kappa shape index (κ3) is 3.60. The summed E-state index contributed by atoms with van der Waals surface area (Å²) in [6.45, 7) is 15.5. The Labute approximate surface area is 121 Å². The molecule has 1 rings (SSSR count). The molecule has 0 amide bonds. The number of hydrogen-bond acceptors (Lipinski definition) is 3. The molecule has 3 nitrogen and oxygen atoms in total. The minimum absolute atomic E-state index is 0.284. The van der Waals surface area contributed by atoms with Gasteiger partial charge in [-0.2, -0.15) is 0 Å². The molecule has 0 aliphatic carbocycles. The Balaban J connectivity index is 2.56. The maximum atomic E-state index is 6.29. The molecular formula is C12H25IN2OSi. The van der Waals surface area contributed by atoms with Gasteiger partial charge in [-0.1, -0.05) is 20.8 Å². The molecule has 0 spiro atoms. The lowest BCUT2D eigenvalue weighted by molar-refractivity contribution is 0.143. The van der Waals surface area contributed by atoms with Gasteiger partial charge < -0.3 is 9.33 Å². The highest BCUT2D eigenvalue weighted by Gasteiger charge is 2.38. The van der Waals surface area contributed by atoms with Crippen molar-refractivity contribution in [2.45, 2.75) is 52.0 Å². The minimum atomic E-state index is -1.63. The third-order valence-corrected chi connectivity index (χ3v) is 9.30. The van der Waals surface area contributed by atoms with Crippen molar-refractivity contribution < 1.29 is 4.43 Å². The molecule has 0 bridgehead atoms. The smallest absolute Gasteiger partial charge is 0.192 e. The van der Waals surface area contributed by atoms with Crippen LogP contribution in [0.2, 0.25) is 18.1 Å². The second kappa shape index (κ2) is 5.48. The molecule has 0 saturated carbocycles. The Kier molecular flexibility index (Phi) is 4.94. The van der Waals surface area contributed by atoms with E-state index < -0.39 is 8.32 Å². The molecule has 0 fully saturated rings. The van der Waals surface area contributed by atoms with Gasteiger partial charge in [0.25, 0.3) is 0 Å². The van der Waals surface area contributed by atoms with E-state index in [4.69, 9.17) is 4.43 Å². The average molecular weight is 368 g/mol. The fraction of sp³-hybridized carbons (Fsp3) is 0.833. The Morgan fingerprint density at radius 2 is 1.88 bits per heavy atom. The van der Waals surface area contributed by atoms with Crippen molar-refractivity contribution in [3.8, 4) is 0 Å². The highest BCUT2D eigenvalue weighted by Crippen LogP contribution is 2.37. The molecule has 1 atom stereocenters. The lowest BCUT2D eigenvalue weighted by Crippen LogP contribution is -2.46. The molecule has 0 aromatic carbocycles. The van der Waals surface area contributed by atoms with Crippen LogP contribution in [0.1, 0.15) is 27.7 Å². The Bertz CT molecular complexity index is 289. The monoisotopic (exact) mass is 368 g/mol. The van der Waals surface area contributed by atoms with Gasteiger partial charge in [0, 0.05) is 18.9 Å². The van der Waals surface area contributed by atoms with Crippen molar-refractivity contribution in [3.05, 3.63) is 12.4 Å². The molecule has 0 aromatic rings. The molecule has 1 heterocycles. The lowest BCUT2D eigenvalue weighted by atomic mass is 10.2. The summed E-state index contributed by atoms with van der Waals surface area (Å²) in [5, 5.41) is 0.284. The van der Waals surface area contributed by atoms with E-state index in [-0.39, 0.29) is 5.04 Å². The quantitative estimate of drug-likeness (QED) is 0.427. The predicted octanol–water partition coefficient (Wildman–Crippen LogP) is 3.79. The second-order valence-corrected chi connectivity index (χ2v) is 11.9. The molecular weight excluding hydrogens is 343 g/mol. The first kappa shape index (κ1) is 15.3. The van der Waals surface area contributed by atoms with Crippen molar-refractivity contribution >= 4 is 31.2 Å². The summed E-state index contributed by atoms with van der Waals surface area (Å²) in [5.41, 5.74) is 0. The van der Waals surface area contributed by atoms with Gasteiger partial charge in [0.2, 0.25) is 0 Å². The number of halogens is 1. The van der Waals surface area contributed by atoms with E-state index >= 15 is 0 Å². The van der Waals surface area contributed by atoms with E-state index in [1.165, 1.54) is 0 Å². The van der Waals surface area contributed by atoms with E-state index in [1.54, 1.807) is 0 Å². The fourth-order valence-electron chi connectivity index (χ4n) is 1.47. The molecule has 0 saturated heterocycles. The van der Waals surface area contributed by atoms with Crippen LogP contribution in [-0.2, 0) is 4.43 Å². The summed E-state index contributed by atoms with van der Waals surface area (Å²) in [6, 6.07) is 0. The lowest BCUT2D eigenvalue weighted by Gasteiger charge is -2.38. The number of likely N-dealkylation sites (N-methyl/N-ethyl adjacent to an activating group) is 1. The summed E-state index contributed by atoms with van der Waals surface area (Å²) >= 11 is 2.35. The average Bonchev–Trinajstić information content (AvgIpc) is 2.54. The van der Waals surface area contributed by atoms with Crippen LogP contribution in [-0.4, -0.2) is 35.6 Å². The number of hydrogen-bond donors (Lipinski definition) is 0. The summed E-state index contributed by atoms with van der Waals surface area (Å²) < 4.78 is 8.49. The van der Waals surface area contributed by atoms with Crippen LogP contribution in [0.25, 0.3) is 0 Å². The van der Waals surface area contributed by atoms with Crippen LogP contribution in [0.3, 0.4) is 0 Å². The summed E-state index contributed by atoms with van der Waals surface area (Å²) in [6.07, 6.45) is 4.62. The molecule has 100 valence electrons. The van der Waals surface area contributed by atoms with Gasteiger partial charge in [-0.15, -0.1) is 0 Å². The van der Waals surface area contributed by atoms with Crippen molar-refractivity contribution in [2.75, 3.05) is 13.2 Å². The maximum absolute atomic E-state index is 6.29. The first-order chi connectivity index (χ1) is 7.69. The molecule has 1 unspecified atom stereocenters. The molecule has 17 heavy (non-hydrogen) atoms. The summed E-state index contributed by atoms with van der Waals surface area (Å²) in [7, 11) is -1.63. The van der Waals surface area contributed by atoms with Gasteiger partial charge in [0.1, 0.15) is 6.17 Å². The molecule has 0 N–H and O–H groups in total. The minimum Gasteiger partial charge on any atom is -0.413 e. The summed E-state index contributed by atoms with van der Waals surface area (Å²) in [5.74, 6) is 0. The zero-order valence-corrected chi connectivity index (χ0v) is 15.0. The molecule has 1 aliphatic heterocycles. The van der Waals surface area contributed by atoms with E-state index in [2.05, 4.69) is 84.1 Å². The van der Waals surface area contributed by atoms with Crippen molar-refractivity contribution in [1.29, 1.82) is 0 Å². The number of rotatable bonds is 4. The van der Waals surface area contributed by atoms with E-state index in [0.717, 1.165) is 13.2 Å². The molecule has 0 aromatic heterocycles. The van der Waals surface area contributed by atoms with E-state index in [1.807, 2.05) is 0 Å². The SMILES string of the molecule is CCN1C=CN(I)C1CO[Si](C)(C)C(C)(C)C. The van der Waals surface area contributed by atoms with Crippen molar-refractivity contribution in [3.63, 3.8) is 0 Å². The van der Waals surface area contributed by atoms with E-state index in [9.17, 15) is 0 Å². The van der Waals surface area contributed by atoms with Gasteiger partial charge >= 0.3 is 0 Å². The van der Waals surface area contributed by atoms with Crippen molar-refractivity contribution in [1.82, 2.24) is 8.01 Å². The largest absolute Gasteiger partial charge is 0.413 e. The first-order valence-corrected chi connectivity index (χ1v) is 10.1. The van der Waals surface area contributed by atoms with Gasteiger partial charge in [-0.25, -0.2) is 0 Å². The van der Waals surface area contributed by atoms with Crippen LogP contribution >= 0.6 is 22.9 Å². The zero-order valence-electron chi connectivity index (χ0n) is 11.8. The second-order valence-electron chi connectivity index (χ2n) is 6.02. The first-order valence-electron chi connectivity index (χ1n) is 6.21. The van der Waals surface area contributed by atoms with Crippen LogP contribution in [0.4, 0.5) is 0 Å². The third-order valence-electron chi connectivity index (χ3n) is 3.83. The van der Waals surface area contributed by atoms with Crippen LogP contribution in [0, 0.1) is 0 Å². The van der Waals surface area contributed by atoms with Gasteiger partial charge in [0.05, 0.1) is 29.5 Å². The highest BCUT2D eigenvalue weighted by atomic mass is 127. The topological polar surface area (TPSA) is 15.7 Å². The summed E-state index contributed by atoms with van der Waals surface area (Å²) in [4.78, 5) is 2.32. The standard InChI is InChI=1S/C12H25IN2OSi/c1-7-14-8-9-15(13)11(14)10-16-17(5,6)12(2,3)4/h8-9,11H,7,10H2,1-6H3. The van der Waals surface area contributed by atoms with E-state index in [0.29, 0.717) is 6.17 Å². The Morgan fingerprint density at radius 3 is 2.35 bits per heavy atom. The molecule has 0 radical (unpaired) electrons. The normalized spacial score (nSPS) is 21.5. The van der Waals surface area contributed by atoms with Gasteiger partial charge in [0.15, 0.2) is 8.32 Å². The van der Waals surface area contributed by atoms with Crippen molar-refractivity contribution in [2.24, 2.45) is 0 Å². The molecule has 5 heteroatoms. The Hall–Kier alpha value is 0.247. The van der Waals surface area contributed by atoms with Gasteiger partial charge in [-0.05, 0) is 25.1 Å². The van der Waals surface area contributed by atoms with Crippen LogP contribution < -0.4 is 0 Å². The zero-order chi connectivity index (χ0) is 13.3. The fourth-order valence-corrected chi connectivity index (χ4v) is 3.10. The Morgan fingerprint density at radius 1 is 1.29 bits per heavy atom. The van der Waals surface area contributed by atoms with Gasteiger partial charge in [-0.3, -0.25) is 3.11 Å². The maximum Gasteiger partial charge on any atom is 0.192 e. The number of nitrogens with zero attached hydrogens (tertiary/aromatic N) is 2.